The first-order valence-corrected chi connectivity index (χ1v) is 7.38. The fraction of sp³-hybridized carbons (Fsp3) is 0.333. The Kier molecular flexibility index (Phi) is 3.05. The van der Waals surface area contributed by atoms with E-state index >= 15 is 0 Å². The molecule has 0 aromatic heterocycles. The quantitative estimate of drug-likeness (QED) is 0.804. The zero-order valence-electron chi connectivity index (χ0n) is 11.6. The molecule has 3 heteroatoms. The Morgan fingerprint density at radius 3 is 2.76 bits per heavy atom. The number of benzene rings is 2. The number of hydrogen-bond acceptors (Lipinski definition) is 2. The number of halogens is 1. The van der Waals surface area contributed by atoms with Crippen molar-refractivity contribution in [1.82, 2.24) is 0 Å². The van der Waals surface area contributed by atoms with Gasteiger partial charge in [-0.15, -0.1) is 0 Å². The lowest BCUT2D eigenvalue weighted by Crippen LogP contribution is -2.31. The summed E-state index contributed by atoms with van der Waals surface area (Å²) in [6, 6.07) is 13.2. The SMILES string of the molecule is OC1COC2c3cc(F)ccc3Cc3ccccc3C2C1. The summed E-state index contributed by atoms with van der Waals surface area (Å²) in [5.74, 6) is -0.138. The molecule has 1 saturated heterocycles. The number of fused-ring (bicyclic) bond motifs is 5. The van der Waals surface area contributed by atoms with Crippen molar-refractivity contribution in [2.75, 3.05) is 6.61 Å². The lowest BCUT2D eigenvalue weighted by atomic mass is 9.83. The van der Waals surface area contributed by atoms with Gasteiger partial charge in [0, 0.05) is 5.92 Å². The van der Waals surface area contributed by atoms with Crippen molar-refractivity contribution in [3.63, 3.8) is 0 Å². The highest BCUT2D eigenvalue weighted by molar-refractivity contribution is 5.44. The van der Waals surface area contributed by atoms with Crippen LogP contribution in [0.15, 0.2) is 42.5 Å². The molecule has 0 bridgehead atoms. The van der Waals surface area contributed by atoms with E-state index in [1.165, 1.54) is 17.2 Å². The summed E-state index contributed by atoms with van der Waals surface area (Å²) in [6.45, 7) is 0.319. The number of aliphatic hydroxyl groups excluding tert-OH is 1. The number of rotatable bonds is 0. The van der Waals surface area contributed by atoms with Gasteiger partial charge in [-0.3, -0.25) is 0 Å². The van der Waals surface area contributed by atoms with Crippen LogP contribution >= 0.6 is 0 Å². The zero-order valence-corrected chi connectivity index (χ0v) is 11.6. The van der Waals surface area contributed by atoms with Gasteiger partial charge in [-0.25, -0.2) is 4.39 Å². The molecule has 1 heterocycles. The van der Waals surface area contributed by atoms with Gasteiger partial charge in [0.1, 0.15) is 5.82 Å². The molecule has 1 aliphatic carbocycles. The number of hydrogen-bond donors (Lipinski definition) is 1. The maximum Gasteiger partial charge on any atom is 0.123 e. The van der Waals surface area contributed by atoms with Crippen LogP contribution in [0.2, 0.25) is 0 Å². The van der Waals surface area contributed by atoms with Crippen molar-refractivity contribution in [2.24, 2.45) is 0 Å². The first kappa shape index (κ1) is 13.0. The first-order valence-electron chi connectivity index (χ1n) is 7.38. The van der Waals surface area contributed by atoms with Crippen LogP contribution in [0.25, 0.3) is 0 Å². The summed E-state index contributed by atoms with van der Waals surface area (Å²) in [4.78, 5) is 0. The molecule has 2 aromatic carbocycles. The molecule has 0 amide bonds. The molecule has 21 heavy (non-hydrogen) atoms. The van der Waals surface area contributed by atoms with Gasteiger partial charge >= 0.3 is 0 Å². The highest BCUT2D eigenvalue weighted by Gasteiger charge is 2.37. The van der Waals surface area contributed by atoms with E-state index in [0.717, 1.165) is 17.5 Å². The molecular weight excluding hydrogens is 267 g/mol. The van der Waals surface area contributed by atoms with Crippen LogP contribution in [0, 0.1) is 5.82 Å². The van der Waals surface area contributed by atoms with Crippen LogP contribution < -0.4 is 0 Å². The summed E-state index contributed by atoms with van der Waals surface area (Å²) in [5, 5.41) is 9.97. The molecular formula is C18H17FO2. The normalized spacial score (nSPS) is 27.2. The maximum atomic E-state index is 13.7. The van der Waals surface area contributed by atoms with Gasteiger partial charge in [0.2, 0.25) is 0 Å². The minimum absolute atomic E-state index is 0.0907. The Labute approximate surface area is 123 Å². The Bertz CT molecular complexity index is 683. The molecule has 3 atom stereocenters. The Hall–Kier alpha value is -1.71. The fourth-order valence-corrected chi connectivity index (χ4v) is 3.67. The van der Waals surface area contributed by atoms with E-state index in [1.54, 1.807) is 6.07 Å². The van der Waals surface area contributed by atoms with Crippen molar-refractivity contribution in [2.45, 2.75) is 31.0 Å². The average molecular weight is 284 g/mol. The Morgan fingerprint density at radius 2 is 1.86 bits per heavy atom. The third-order valence-corrected chi connectivity index (χ3v) is 4.61. The third kappa shape index (κ3) is 2.17. The van der Waals surface area contributed by atoms with E-state index < -0.39 is 6.10 Å². The van der Waals surface area contributed by atoms with E-state index in [2.05, 4.69) is 12.1 Å². The van der Waals surface area contributed by atoms with Crippen LogP contribution in [0.4, 0.5) is 4.39 Å². The molecule has 2 nitrogen and oxygen atoms in total. The van der Waals surface area contributed by atoms with E-state index in [0.29, 0.717) is 13.0 Å². The monoisotopic (exact) mass is 284 g/mol. The van der Waals surface area contributed by atoms with Gasteiger partial charge in [-0.2, -0.15) is 0 Å². The molecule has 4 rings (SSSR count). The molecule has 1 aliphatic heterocycles. The van der Waals surface area contributed by atoms with Crippen LogP contribution in [-0.2, 0) is 11.2 Å². The summed E-state index contributed by atoms with van der Waals surface area (Å²) in [7, 11) is 0. The van der Waals surface area contributed by atoms with Crippen molar-refractivity contribution in [3.8, 4) is 0 Å². The number of aliphatic hydroxyl groups is 1. The summed E-state index contributed by atoms with van der Waals surface area (Å²) < 4.78 is 19.6. The summed E-state index contributed by atoms with van der Waals surface area (Å²) in [5.41, 5.74) is 4.52. The molecule has 2 aromatic rings. The highest BCUT2D eigenvalue weighted by atomic mass is 19.1. The van der Waals surface area contributed by atoms with Crippen molar-refractivity contribution in [1.29, 1.82) is 0 Å². The average Bonchev–Trinajstić information content (AvgIpc) is 2.62. The topological polar surface area (TPSA) is 29.5 Å². The summed E-state index contributed by atoms with van der Waals surface area (Å²) in [6.07, 6.45) is 0.841. The molecule has 3 unspecified atom stereocenters. The lowest BCUT2D eigenvalue weighted by Gasteiger charge is -2.35. The van der Waals surface area contributed by atoms with E-state index in [9.17, 15) is 9.50 Å². The molecule has 1 N–H and O–H groups in total. The first-order chi connectivity index (χ1) is 10.2. The smallest absolute Gasteiger partial charge is 0.123 e. The highest BCUT2D eigenvalue weighted by Crippen LogP contribution is 2.46. The van der Waals surface area contributed by atoms with E-state index in [-0.39, 0.29) is 17.8 Å². The van der Waals surface area contributed by atoms with Crippen LogP contribution in [-0.4, -0.2) is 17.8 Å². The minimum Gasteiger partial charge on any atom is -0.391 e. The second kappa shape index (κ2) is 4.93. The van der Waals surface area contributed by atoms with Crippen LogP contribution in [0.5, 0.6) is 0 Å². The Balaban J connectivity index is 1.91. The van der Waals surface area contributed by atoms with Gasteiger partial charge in [0.05, 0.1) is 18.8 Å². The third-order valence-electron chi connectivity index (χ3n) is 4.61. The molecule has 2 aliphatic rings. The maximum absolute atomic E-state index is 13.7. The van der Waals surface area contributed by atoms with Crippen molar-refractivity contribution < 1.29 is 14.2 Å². The predicted molar refractivity (Wildman–Crippen MR) is 77.7 cm³/mol. The predicted octanol–water partition coefficient (Wildman–Crippen LogP) is 3.34. The van der Waals surface area contributed by atoms with Gasteiger partial charge in [0.25, 0.3) is 0 Å². The second-order valence-corrected chi connectivity index (χ2v) is 5.97. The zero-order chi connectivity index (χ0) is 14.4. The molecule has 0 radical (unpaired) electrons. The summed E-state index contributed by atoms with van der Waals surface area (Å²) >= 11 is 0. The van der Waals surface area contributed by atoms with Crippen molar-refractivity contribution >= 4 is 0 Å². The van der Waals surface area contributed by atoms with Gasteiger partial charge in [-0.05, 0) is 47.2 Å². The van der Waals surface area contributed by atoms with Crippen LogP contribution in [0.3, 0.4) is 0 Å². The largest absolute Gasteiger partial charge is 0.391 e. The van der Waals surface area contributed by atoms with Crippen LogP contribution in [0.1, 0.15) is 40.7 Å². The molecule has 0 saturated carbocycles. The molecule has 1 fully saturated rings. The Morgan fingerprint density at radius 1 is 1.05 bits per heavy atom. The molecule has 0 spiro atoms. The lowest BCUT2D eigenvalue weighted by molar-refractivity contribution is -0.0705. The van der Waals surface area contributed by atoms with Gasteiger partial charge in [0.15, 0.2) is 0 Å². The van der Waals surface area contributed by atoms with Gasteiger partial charge in [-0.1, -0.05) is 30.3 Å². The van der Waals surface area contributed by atoms with Gasteiger partial charge < -0.3 is 9.84 Å². The fourth-order valence-electron chi connectivity index (χ4n) is 3.67. The molecule has 108 valence electrons. The van der Waals surface area contributed by atoms with E-state index in [1.807, 2.05) is 18.2 Å². The number of ether oxygens (including phenoxy) is 1. The minimum atomic E-state index is -0.450. The van der Waals surface area contributed by atoms with E-state index in [4.69, 9.17) is 4.74 Å². The standard InChI is InChI=1S/C18H17FO2/c19-13-6-5-12-7-11-3-1-2-4-15(11)17-9-14(20)10-21-18(17)16(12)8-13/h1-6,8,14,17-18,20H,7,9-10H2. The second-order valence-electron chi connectivity index (χ2n) is 5.97. The van der Waals surface area contributed by atoms with Crippen molar-refractivity contribution in [3.05, 3.63) is 70.5 Å².